The van der Waals surface area contributed by atoms with Crippen LogP contribution >= 0.6 is 11.6 Å². The number of benzene rings is 1. The van der Waals surface area contributed by atoms with Gasteiger partial charge in [-0.05, 0) is 49.6 Å². The van der Waals surface area contributed by atoms with Crippen molar-refractivity contribution in [1.29, 1.82) is 0 Å². The molecule has 1 amide bonds. The van der Waals surface area contributed by atoms with Crippen LogP contribution in [-0.2, 0) is 0 Å². The highest BCUT2D eigenvalue weighted by Gasteiger charge is 2.28. The third kappa shape index (κ3) is 3.03. The molecular weight excluding hydrogens is 300 g/mol. The Kier molecular flexibility index (Phi) is 4.50. The van der Waals surface area contributed by atoms with Crippen molar-refractivity contribution in [3.8, 4) is 11.3 Å². The van der Waals surface area contributed by atoms with Crippen molar-refractivity contribution in [2.24, 2.45) is 11.7 Å². The van der Waals surface area contributed by atoms with E-state index in [1.807, 2.05) is 18.2 Å². The summed E-state index contributed by atoms with van der Waals surface area (Å²) in [6.45, 7) is 0.605. The third-order valence-corrected chi connectivity index (χ3v) is 4.58. The van der Waals surface area contributed by atoms with Gasteiger partial charge >= 0.3 is 0 Å². The number of halogens is 1. The Hall–Kier alpha value is -1.78. The summed E-state index contributed by atoms with van der Waals surface area (Å²) in [6.07, 6.45) is 3.16. The lowest BCUT2D eigenvalue weighted by molar-refractivity contribution is 0.0901. The smallest absolute Gasteiger partial charge is 0.287 e. The molecule has 2 unspecified atom stereocenters. The molecule has 22 heavy (non-hydrogen) atoms. The SMILES string of the molecule is NCC1CCCC1NC(=O)c1ccc(-c2ccccc2Cl)o1. The molecule has 3 rings (SSSR count). The van der Waals surface area contributed by atoms with Crippen molar-refractivity contribution in [2.45, 2.75) is 25.3 Å². The van der Waals surface area contributed by atoms with Crippen molar-refractivity contribution >= 4 is 17.5 Å². The van der Waals surface area contributed by atoms with Crippen LogP contribution in [0.5, 0.6) is 0 Å². The van der Waals surface area contributed by atoms with Gasteiger partial charge in [-0.25, -0.2) is 0 Å². The topological polar surface area (TPSA) is 68.3 Å². The summed E-state index contributed by atoms with van der Waals surface area (Å²) in [4.78, 5) is 12.3. The van der Waals surface area contributed by atoms with Crippen LogP contribution < -0.4 is 11.1 Å². The van der Waals surface area contributed by atoms with Gasteiger partial charge in [0.25, 0.3) is 5.91 Å². The molecule has 116 valence electrons. The second-order valence-corrected chi connectivity index (χ2v) is 6.06. The second-order valence-electron chi connectivity index (χ2n) is 5.65. The van der Waals surface area contributed by atoms with E-state index < -0.39 is 0 Å². The molecule has 5 heteroatoms. The molecule has 1 heterocycles. The zero-order chi connectivity index (χ0) is 15.5. The standard InChI is InChI=1S/C17H19ClN2O2/c18-13-6-2-1-5-12(13)15-8-9-16(22-15)17(21)20-14-7-3-4-11(14)10-19/h1-2,5-6,8-9,11,14H,3-4,7,10,19H2,(H,20,21). The molecule has 4 nitrogen and oxygen atoms in total. The van der Waals surface area contributed by atoms with E-state index in [1.54, 1.807) is 18.2 Å². The first-order valence-electron chi connectivity index (χ1n) is 7.54. The zero-order valence-corrected chi connectivity index (χ0v) is 13.0. The Balaban J connectivity index is 1.73. The first-order chi connectivity index (χ1) is 10.7. The number of rotatable bonds is 4. The minimum absolute atomic E-state index is 0.145. The molecule has 2 atom stereocenters. The van der Waals surface area contributed by atoms with Crippen LogP contribution in [0.4, 0.5) is 0 Å². The lowest BCUT2D eigenvalue weighted by atomic mass is 10.0. The molecule has 3 N–H and O–H groups in total. The van der Waals surface area contributed by atoms with Crippen molar-refractivity contribution in [3.63, 3.8) is 0 Å². The first kappa shape index (κ1) is 15.1. The van der Waals surface area contributed by atoms with Crippen LogP contribution in [0.3, 0.4) is 0 Å². The van der Waals surface area contributed by atoms with Gasteiger partial charge in [-0.3, -0.25) is 4.79 Å². The van der Waals surface area contributed by atoms with Gasteiger partial charge in [0, 0.05) is 11.6 Å². The molecule has 1 aromatic carbocycles. The van der Waals surface area contributed by atoms with Crippen LogP contribution in [0.1, 0.15) is 29.8 Å². The maximum atomic E-state index is 12.3. The van der Waals surface area contributed by atoms with Gasteiger partial charge in [0.2, 0.25) is 0 Å². The Morgan fingerprint density at radius 2 is 2.09 bits per heavy atom. The van der Waals surface area contributed by atoms with Crippen LogP contribution in [-0.4, -0.2) is 18.5 Å². The van der Waals surface area contributed by atoms with Gasteiger partial charge in [-0.2, -0.15) is 0 Å². The monoisotopic (exact) mass is 318 g/mol. The van der Waals surface area contributed by atoms with Gasteiger partial charge in [0.05, 0.1) is 5.02 Å². The van der Waals surface area contributed by atoms with Gasteiger partial charge in [-0.15, -0.1) is 0 Å². The van der Waals surface area contributed by atoms with Gasteiger partial charge in [0.15, 0.2) is 5.76 Å². The fourth-order valence-corrected chi connectivity index (χ4v) is 3.24. The number of hydrogen-bond acceptors (Lipinski definition) is 3. The van der Waals surface area contributed by atoms with Crippen LogP contribution in [0.2, 0.25) is 5.02 Å². The summed E-state index contributed by atoms with van der Waals surface area (Å²) in [5.41, 5.74) is 6.53. The maximum absolute atomic E-state index is 12.3. The van der Waals surface area contributed by atoms with Gasteiger partial charge in [0.1, 0.15) is 5.76 Å². The largest absolute Gasteiger partial charge is 0.451 e. The maximum Gasteiger partial charge on any atom is 0.287 e. The quantitative estimate of drug-likeness (QED) is 0.907. The molecule has 1 saturated carbocycles. The Bertz CT molecular complexity index is 668. The fraction of sp³-hybridized carbons (Fsp3) is 0.353. The fourth-order valence-electron chi connectivity index (χ4n) is 3.01. The van der Waals surface area contributed by atoms with E-state index in [1.165, 1.54) is 0 Å². The lowest BCUT2D eigenvalue weighted by Crippen LogP contribution is -2.39. The van der Waals surface area contributed by atoms with E-state index in [4.69, 9.17) is 21.8 Å². The Morgan fingerprint density at radius 1 is 1.27 bits per heavy atom. The Morgan fingerprint density at radius 3 is 2.86 bits per heavy atom. The number of hydrogen-bond donors (Lipinski definition) is 2. The van der Waals surface area contributed by atoms with E-state index in [9.17, 15) is 4.79 Å². The van der Waals surface area contributed by atoms with Gasteiger partial charge < -0.3 is 15.5 Å². The Labute approximate surface area is 134 Å². The molecule has 0 radical (unpaired) electrons. The summed E-state index contributed by atoms with van der Waals surface area (Å²) in [5.74, 6) is 1.07. The molecule has 2 aromatic rings. The van der Waals surface area contributed by atoms with Gasteiger partial charge in [-0.1, -0.05) is 30.2 Å². The van der Waals surface area contributed by atoms with Crippen LogP contribution in [0.15, 0.2) is 40.8 Å². The minimum atomic E-state index is -0.191. The lowest BCUT2D eigenvalue weighted by Gasteiger charge is -2.18. The zero-order valence-electron chi connectivity index (χ0n) is 12.2. The number of nitrogens with one attached hydrogen (secondary N) is 1. The number of furan rings is 1. The highest BCUT2D eigenvalue weighted by atomic mass is 35.5. The molecule has 0 saturated heterocycles. The average Bonchev–Trinajstić information content (AvgIpc) is 3.16. The van der Waals surface area contributed by atoms with Crippen molar-refractivity contribution in [2.75, 3.05) is 6.54 Å². The number of carbonyl (C=O) groups excluding carboxylic acids is 1. The molecule has 1 aliphatic rings. The summed E-state index contributed by atoms with van der Waals surface area (Å²) >= 11 is 6.15. The van der Waals surface area contributed by atoms with Crippen LogP contribution in [0, 0.1) is 5.92 Å². The molecule has 1 aromatic heterocycles. The van der Waals surface area contributed by atoms with E-state index in [0.717, 1.165) is 24.8 Å². The molecule has 1 aliphatic carbocycles. The predicted octanol–water partition coefficient (Wildman–Crippen LogP) is 3.46. The summed E-state index contributed by atoms with van der Waals surface area (Å²) < 4.78 is 5.66. The molecular formula is C17H19ClN2O2. The molecule has 1 fully saturated rings. The van der Waals surface area contributed by atoms with E-state index >= 15 is 0 Å². The van der Waals surface area contributed by atoms with Crippen molar-refractivity contribution < 1.29 is 9.21 Å². The van der Waals surface area contributed by atoms with Crippen molar-refractivity contribution in [1.82, 2.24) is 5.32 Å². The first-order valence-corrected chi connectivity index (χ1v) is 7.92. The number of amides is 1. The molecule has 0 aliphatic heterocycles. The molecule has 0 spiro atoms. The summed E-state index contributed by atoms with van der Waals surface area (Å²) in [5, 5.41) is 3.63. The predicted molar refractivity (Wildman–Crippen MR) is 86.8 cm³/mol. The summed E-state index contributed by atoms with van der Waals surface area (Å²) in [7, 11) is 0. The highest BCUT2D eigenvalue weighted by molar-refractivity contribution is 6.33. The van der Waals surface area contributed by atoms with Crippen LogP contribution in [0.25, 0.3) is 11.3 Å². The normalized spacial score (nSPS) is 21.0. The minimum Gasteiger partial charge on any atom is -0.451 e. The highest BCUT2D eigenvalue weighted by Crippen LogP contribution is 2.29. The number of nitrogens with two attached hydrogens (primary N) is 1. The third-order valence-electron chi connectivity index (χ3n) is 4.25. The molecule has 0 bridgehead atoms. The summed E-state index contributed by atoms with van der Waals surface area (Å²) in [6, 6.07) is 11.0. The average molecular weight is 319 g/mol. The van der Waals surface area contributed by atoms with E-state index in [0.29, 0.717) is 29.0 Å². The van der Waals surface area contributed by atoms with E-state index in [-0.39, 0.29) is 11.9 Å². The van der Waals surface area contributed by atoms with E-state index in [2.05, 4.69) is 5.32 Å². The number of carbonyl (C=O) groups is 1. The second kappa shape index (κ2) is 6.55. The van der Waals surface area contributed by atoms with Crippen molar-refractivity contribution in [3.05, 3.63) is 47.2 Å².